The second-order valence-electron chi connectivity index (χ2n) is 5.16. The highest BCUT2D eigenvalue weighted by molar-refractivity contribution is 7.71. The Bertz CT molecular complexity index is 718. The molecule has 0 saturated carbocycles. The minimum absolute atomic E-state index is 0.251. The second-order valence-corrected chi connectivity index (χ2v) is 5.55. The lowest BCUT2D eigenvalue weighted by atomic mass is 10.0. The van der Waals surface area contributed by atoms with Gasteiger partial charge in [-0.05, 0) is 18.4 Å². The van der Waals surface area contributed by atoms with Crippen LogP contribution in [0, 0.1) is 11.6 Å². The zero-order chi connectivity index (χ0) is 15.6. The van der Waals surface area contributed by atoms with Crippen LogP contribution in [0.3, 0.4) is 0 Å². The summed E-state index contributed by atoms with van der Waals surface area (Å²) >= 11 is 5.20. The summed E-state index contributed by atoms with van der Waals surface area (Å²) in [5.41, 5.74) is 3.17. The number of methoxy groups -OCH3 is 1. The van der Waals surface area contributed by atoms with Gasteiger partial charge in [0, 0.05) is 11.3 Å². The van der Waals surface area contributed by atoms with Gasteiger partial charge in [-0.2, -0.15) is 0 Å². The van der Waals surface area contributed by atoms with Gasteiger partial charge < -0.3 is 9.72 Å². The molecule has 0 fully saturated rings. The van der Waals surface area contributed by atoms with E-state index in [9.17, 15) is 4.79 Å². The van der Waals surface area contributed by atoms with Crippen LogP contribution in [0.15, 0.2) is 24.3 Å². The van der Waals surface area contributed by atoms with E-state index >= 15 is 0 Å². The Morgan fingerprint density at radius 1 is 1.29 bits per heavy atom. The smallest absolute Gasteiger partial charge is 0.342 e. The van der Waals surface area contributed by atoms with Gasteiger partial charge in [0.1, 0.15) is 16.0 Å². The molecule has 0 atom stereocenters. The Kier molecular flexibility index (Phi) is 4.53. The van der Waals surface area contributed by atoms with Crippen molar-refractivity contribution in [2.45, 2.75) is 26.7 Å². The van der Waals surface area contributed by atoms with E-state index in [0.29, 0.717) is 23.0 Å². The summed E-state index contributed by atoms with van der Waals surface area (Å²) in [7, 11) is 1.33. The van der Waals surface area contributed by atoms with Gasteiger partial charge in [-0.3, -0.25) is 0 Å². The highest BCUT2D eigenvalue weighted by Gasteiger charge is 2.14. The molecule has 2 rings (SSSR count). The zero-order valence-corrected chi connectivity index (χ0v) is 13.4. The SMILES string of the molecule is COC(=O)c1c(C)[nH]c(-c2ccc(C(C)C)cc2)nc1=S. The van der Waals surface area contributed by atoms with E-state index in [4.69, 9.17) is 17.0 Å². The van der Waals surface area contributed by atoms with Crippen molar-refractivity contribution in [2.75, 3.05) is 7.11 Å². The van der Waals surface area contributed by atoms with Crippen molar-refractivity contribution in [2.24, 2.45) is 0 Å². The van der Waals surface area contributed by atoms with Crippen molar-refractivity contribution in [3.8, 4) is 11.4 Å². The number of hydrogen-bond donors (Lipinski definition) is 1. The quantitative estimate of drug-likeness (QED) is 0.687. The largest absolute Gasteiger partial charge is 0.465 e. The fourth-order valence-electron chi connectivity index (χ4n) is 2.09. The van der Waals surface area contributed by atoms with Crippen LogP contribution in [0.4, 0.5) is 0 Å². The molecule has 4 nitrogen and oxygen atoms in total. The van der Waals surface area contributed by atoms with Gasteiger partial charge in [0.25, 0.3) is 0 Å². The van der Waals surface area contributed by atoms with Gasteiger partial charge in [-0.1, -0.05) is 50.3 Å². The molecule has 5 heteroatoms. The molecule has 0 aliphatic carbocycles. The fourth-order valence-corrected chi connectivity index (χ4v) is 2.42. The van der Waals surface area contributed by atoms with E-state index in [1.165, 1.54) is 12.7 Å². The molecule has 2 aromatic rings. The number of esters is 1. The van der Waals surface area contributed by atoms with Gasteiger partial charge in [0.15, 0.2) is 0 Å². The molecular weight excluding hydrogens is 284 g/mol. The number of hydrogen-bond acceptors (Lipinski definition) is 4. The van der Waals surface area contributed by atoms with Crippen LogP contribution in [-0.4, -0.2) is 23.0 Å². The minimum atomic E-state index is -0.469. The van der Waals surface area contributed by atoms with E-state index < -0.39 is 5.97 Å². The van der Waals surface area contributed by atoms with E-state index in [2.05, 4.69) is 35.9 Å². The standard InChI is InChI=1S/C16H18N2O2S/c1-9(2)11-5-7-12(8-6-11)14-17-10(3)13(15(21)18-14)16(19)20-4/h5-9H,1-4H3,(H,17,18,21). The summed E-state index contributed by atoms with van der Waals surface area (Å²) in [4.78, 5) is 19.1. The van der Waals surface area contributed by atoms with Crippen LogP contribution in [0.25, 0.3) is 11.4 Å². The molecule has 0 spiro atoms. The van der Waals surface area contributed by atoms with E-state index in [1.807, 2.05) is 12.1 Å². The second kappa shape index (κ2) is 6.18. The van der Waals surface area contributed by atoms with Gasteiger partial charge in [0.2, 0.25) is 0 Å². The van der Waals surface area contributed by atoms with E-state index in [0.717, 1.165) is 5.56 Å². The van der Waals surface area contributed by atoms with Crippen LogP contribution >= 0.6 is 12.2 Å². The predicted octanol–water partition coefficient (Wildman–Crippen LogP) is 4.02. The number of aromatic amines is 1. The van der Waals surface area contributed by atoms with Crippen molar-refractivity contribution in [3.63, 3.8) is 0 Å². The lowest BCUT2D eigenvalue weighted by molar-refractivity contribution is 0.0598. The van der Waals surface area contributed by atoms with E-state index in [-0.39, 0.29) is 4.64 Å². The number of ether oxygens (including phenoxy) is 1. The normalized spacial score (nSPS) is 10.7. The molecule has 0 saturated heterocycles. The Hall–Kier alpha value is -2.01. The first-order valence-electron chi connectivity index (χ1n) is 6.73. The number of nitrogens with one attached hydrogen (secondary N) is 1. The highest BCUT2D eigenvalue weighted by atomic mass is 32.1. The lowest BCUT2D eigenvalue weighted by Gasteiger charge is -2.09. The van der Waals surface area contributed by atoms with E-state index in [1.54, 1.807) is 6.92 Å². The average Bonchev–Trinajstić information content (AvgIpc) is 2.46. The van der Waals surface area contributed by atoms with Crippen molar-refractivity contribution in [3.05, 3.63) is 45.7 Å². The topological polar surface area (TPSA) is 55.0 Å². The summed E-state index contributed by atoms with van der Waals surface area (Å²) in [5.74, 6) is 0.664. The Morgan fingerprint density at radius 2 is 1.90 bits per heavy atom. The molecule has 1 heterocycles. The summed E-state index contributed by atoms with van der Waals surface area (Å²) in [6, 6.07) is 8.14. The average molecular weight is 302 g/mol. The molecule has 1 aromatic heterocycles. The molecule has 0 radical (unpaired) electrons. The maximum absolute atomic E-state index is 11.7. The summed E-state index contributed by atoms with van der Waals surface area (Å²) < 4.78 is 4.97. The molecule has 0 amide bonds. The number of aryl methyl sites for hydroxylation is 1. The van der Waals surface area contributed by atoms with Gasteiger partial charge in [-0.15, -0.1) is 0 Å². The lowest BCUT2D eigenvalue weighted by Crippen LogP contribution is -2.08. The third-order valence-electron chi connectivity index (χ3n) is 3.35. The number of aromatic nitrogens is 2. The first kappa shape index (κ1) is 15.4. The van der Waals surface area contributed by atoms with Crippen LogP contribution in [0.5, 0.6) is 0 Å². The van der Waals surface area contributed by atoms with Gasteiger partial charge >= 0.3 is 5.97 Å². The molecule has 1 aromatic carbocycles. The Labute approximate surface area is 129 Å². The molecule has 0 unspecified atom stereocenters. The third kappa shape index (κ3) is 3.19. The Balaban J connectivity index is 2.46. The summed E-state index contributed by atoms with van der Waals surface area (Å²) in [5, 5.41) is 0. The zero-order valence-electron chi connectivity index (χ0n) is 12.6. The predicted molar refractivity (Wildman–Crippen MR) is 85.0 cm³/mol. The van der Waals surface area contributed by atoms with Crippen LogP contribution in [-0.2, 0) is 4.74 Å². The summed E-state index contributed by atoms with van der Waals surface area (Å²) in [6.07, 6.45) is 0. The maximum atomic E-state index is 11.7. The van der Waals surface area contributed by atoms with Crippen molar-refractivity contribution in [1.82, 2.24) is 9.97 Å². The van der Waals surface area contributed by atoms with Crippen LogP contribution in [0.2, 0.25) is 0 Å². The van der Waals surface area contributed by atoms with Crippen LogP contribution < -0.4 is 0 Å². The Morgan fingerprint density at radius 3 is 2.38 bits per heavy atom. The molecular formula is C16H18N2O2S. The summed E-state index contributed by atoms with van der Waals surface area (Å²) in [6.45, 7) is 6.09. The van der Waals surface area contributed by atoms with Crippen molar-refractivity contribution >= 4 is 18.2 Å². The maximum Gasteiger partial charge on any atom is 0.342 e. The number of benzene rings is 1. The molecule has 21 heavy (non-hydrogen) atoms. The fraction of sp³-hybridized carbons (Fsp3) is 0.312. The van der Waals surface area contributed by atoms with Crippen molar-refractivity contribution < 1.29 is 9.53 Å². The number of carbonyl (C=O) groups excluding carboxylic acids is 1. The first-order valence-corrected chi connectivity index (χ1v) is 7.14. The molecule has 0 aliphatic heterocycles. The van der Waals surface area contributed by atoms with Crippen LogP contribution in [0.1, 0.15) is 41.4 Å². The number of H-pyrrole nitrogens is 1. The number of nitrogens with zero attached hydrogens (tertiary/aromatic N) is 1. The van der Waals surface area contributed by atoms with Gasteiger partial charge in [0.05, 0.1) is 7.11 Å². The highest BCUT2D eigenvalue weighted by Crippen LogP contribution is 2.21. The molecule has 110 valence electrons. The first-order chi connectivity index (χ1) is 9.93. The molecule has 0 aliphatic rings. The number of carbonyl (C=O) groups is 1. The monoisotopic (exact) mass is 302 g/mol. The molecule has 1 N–H and O–H groups in total. The molecule has 0 bridgehead atoms. The minimum Gasteiger partial charge on any atom is -0.465 e. The number of rotatable bonds is 3. The van der Waals surface area contributed by atoms with Crippen molar-refractivity contribution in [1.29, 1.82) is 0 Å². The van der Waals surface area contributed by atoms with Gasteiger partial charge in [-0.25, -0.2) is 9.78 Å². The third-order valence-corrected chi connectivity index (χ3v) is 3.64.